The summed E-state index contributed by atoms with van der Waals surface area (Å²) < 4.78 is 7.40. The van der Waals surface area contributed by atoms with E-state index in [4.69, 9.17) is 4.74 Å². The number of benzene rings is 2. The maximum atomic E-state index is 12.5. The molecule has 170 valence electrons. The maximum absolute atomic E-state index is 12.5. The van der Waals surface area contributed by atoms with Gasteiger partial charge in [0.25, 0.3) is 0 Å². The van der Waals surface area contributed by atoms with E-state index < -0.39 is 5.97 Å². The zero-order valence-corrected chi connectivity index (χ0v) is 19.5. The number of rotatable bonds is 7. The van der Waals surface area contributed by atoms with Gasteiger partial charge in [-0.25, -0.2) is 4.79 Å². The smallest absolute Gasteiger partial charge is 0.352 e. The molecule has 1 heterocycles. The van der Waals surface area contributed by atoms with Crippen LogP contribution in [0.2, 0.25) is 0 Å². The molecule has 4 rings (SSSR count). The highest BCUT2D eigenvalue weighted by molar-refractivity contribution is 5.98. The van der Waals surface area contributed by atoms with Crippen LogP contribution in [-0.4, -0.2) is 28.8 Å². The standard InChI is InChI=1S/C27H34N2O3/c1-17-9-7-11-24(19(17)3)28-15-23-22-13-12-21(32-4)14-25(22)29(26(23)27(30)31)16-20-10-6-5-8-18(20)2/h5-6,8,10,12-14,17,19,24,28H,7,9,11,15-16H2,1-4H3,(H,30,31)/t17-,19-,24-/m1/s1. The van der Waals surface area contributed by atoms with Gasteiger partial charge in [0.05, 0.1) is 12.6 Å². The van der Waals surface area contributed by atoms with E-state index in [0.717, 1.165) is 39.8 Å². The van der Waals surface area contributed by atoms with E-state index >= 15 is 0 Å². The number of nitrogens with one attached hydrogen (secondary N) is 1. The van der Waals surface area contributed by atoms with Crippen LogP contribution in [0.5, 0.6) is 5.75 Å². The Labute approximate surface area is 190 Å². The van der Waals surface area contributed by atoms with E-state index in [9.17, 15) is 9.90 Å². The zero-order chi connectivity index (χ0) is 22.8. The second kappa shape index (κ2) is 9.37. The van der Waals surface area contributed by atoms with Gasteiger partial charge in [0.1, 0.15) is 11.4 Å². The summed E-state index contributed by atoms with van der Waals surface area (Å²) in [5.41, 5.74) is 4.38. The number of aromatic nitrogens is 1. The summed E-state index contributed by atoms with van der Waals surface area (Å²) in [6.07, 6.45) is 3.64. The van der Waals surface area contributed by atoms with Crippen LogP contribution >= 0.6 is 0 Å². The number of aromatic carboxylic acids is 1. The third-order valence-corrected chi connectivity index (χ3v) is 7.42. The van der Waals surface area contributed by atoms with Gasteiger partial charge >= 0.3 is 5.97 Å². The number of aryl methyl sites for hydroxylation is 1. The van der Waals surface area contributed by atoms with Crippen molar-refractivity contribution in [1.29, 1.82) is 0 Å². The molecule has 2 N–H and O–H groups in total. The molecular formula is C27H34N2O3. The molecule has 1 saturated carbocycles. The van der Waals surface area contributed by atoms with Crippen LogP contribution in [-0.2, 0) is 13.1 Å². The number of carboxylic acid groups (broad SMARTS) is 1. The summed E-state index contributed by atoms with van der Waals surface area (Å²) in [7, 11) is 1.64. The number of nitrogens with zero attached hydrogens (tertiary/aromatic N) is 1. The van der Waals surface area contributed by atoms with Crippen molar-refractivity contribution in [3.05, 3.63) is 64.8 Å². The van der Waals surface area contributed by atoms with Crippen LogP contribution in [0, 0.1) is 18.8 Å². The van der Waals surface area contributed by atoms with E-state index in [2.05, 4.69) is 38.2 Å². The molecule has 2 aromatic carbocycles. The molecule has 0 amide bonds. The van der Waals surface area contributed by atoms with Gasteiger partial charge in [-0.1, -0.05) is 51.0 Å². The van der Waals surface area contributed by atoms with Crippen molar-refractivity contribution in [1.82, 2.24) is 9.88 Å². The Bertz CT molecular complexity index is 1120. The molecule has 0 bridgehead atoms. The highest BCUT2D eigenvalue weighted by Crippen LogP contribution is 2.33. The Balaban J connectivity index is 1.78. The number of ether oxygens (including phenoxy) is 1. The second-order valence-electron chi connectivity index (χ2n) is 9.28. The summed E-state index contributed by atoms with van der Waals surface area (Å²) >= 11 is 0. The Morgan fingerprint density at radius 1 is 1.19 bits per heavy atom. The predicted molar refractivity (Wildman–Crippen MR) is 129 cm³/mol. The number of hydrogen-bond acceptors (Lipinski definition) is 3. The summed E-state index contributed by atoms with van der Waals surface area (Å²) in [5.74, 6) is 1.10. The van der Waals surface area contributed by atoms with Gasteiger partial charge in [0, 0.05) is 36.1 Å². The SMILES string of the molecule is COc1ccc2c(CN[C@@H]3CCC[C@@H](C)[C@H]3C)c(C(=O)O)n(Cc3ccccc3C)c2c1. The van der Waals surface area contributed by atoms with Gasteiger partial charge in [-0.15, -0.1) is 0 Å². The number of carbonyl (C=O) groups is 1. The van der Waals surface area contributed by atoms with Crippen molar-refractivity contribution < 1.29 is 14.6 Å². The molecule has 0 unspecified atom stereocenters. The molecule has 3 aromatic rings. The molecular weight excluding hydrogens is 400 g/mol. The van der Waals surface area contributed by atoms with Gasteiger partial charge in [-0.3, -0.25) is 0 Å². The van der Waals surface area contributed by atoms with Gasteiger partial charge in [-0.05, 0) is 48.4 Å². The summed E-state index contributed by atoms with van der Waals surface area (Å²) in [6.45, 7) is 7.76. The van der Waals surface area contributed by atoms with Gasteiger partial charge in [-0.2, -0.15) is 0 Å². The van der Waals surface area contributed by atoms with Crippen LogP contribution in [0.3, 0.4) is 0 Å². The van der Waals surface area contributed by atoms with E-state index in [1.165, 1.54) is 12.8 Å². The van der Waals surface area contributed by atoms with Crippen molar-refractivity contribution in [2.24, 2.45) is 11.8 Å². The van der Waals surface area contributed by atoms with Crippen LogP contribution in [0.25, 0.3) is 10.9 Å². The quantitative estimate of drug-likeness (QED) is 0.507. The fourth-order valence-corrected chi connectivity index (χ4v) is 5.18. The molecule has 0 spiro atoms. The van der Waals surface area contributed by atoms with Gasteiger partial charge in [0.15, 0.2) is 0 Å². The normalized spacial score (nSPS) is 21.1. The Morgan fingerprint density at radius 3 is 2.69 bits per heavy atom. The summed E-state index contributed by atoms with van der Waals surface area (Å²) in [6, 6.07) is 14.4. The van der Waals surface area contributed by atoms with E-state index in [1.54, 1.807) is 7.11 Å². The lowest BCUT2D eigenvalue weighted by atomic mass is 9.78. The first-order valence-corrected chi connectivity index (χ1v) is 11.6. The van der Waals surface area contributed by atoms with Crippen LogP contribution in [0.4, 0.5) is 0 Å². The molecule has 0 aliphatic heterocycles. The topological polar surface area (TPSA) is 63.5 Å². The predicted octanol–water partition coefficient (Wildman–Crippen LogP) is 5.62. The average Bonchev–Trinajstić information content (AvgIpc) is 3.09. The molecule has 0 saturated heterocycles. The lowest BCUT2D eigenvalue weighted by molar-refractivity contribution is 0.0684. The van der Waals surface area contributed by atoms with Gasteiger partial charge in [0.2, 0.25) is 0 Å². The average molecular weight is 435 g/mol. The van der Waals surface area contributed by atoms with Crippen molar-refractivity contribution >= 4 is 16.9 Å². The first kappa shape index (κ1) is 22.4. The van der Waals surface area contributed by atoms with E-state index in [1.807, 2.05) is 34.9 Å². The minimum absolute atomic E-state index is 0.362. The maximum Gasteiger partial charge on any atom is 0.352 e. The largest absolute Gasteiger partial charge is 0.497 e. The molecule has 5 nitrogen and oxygen atoms in total. The van der Waals surface area contributed by atoms with Crippen LogP contribution in [0.1, 0.15) is 60.3 Å². The fraction of sp³-hybridized carbons (Fsp3) is 0.444. The number of methoxy groups -OCH3 is 1. The summed E-state index contributed by atoms with van der Waals surface area (Å²) in [5, 5.41) is 15.0. The molecule has 0 radical (unpaired) electrons. The molecule has 1 aliphatic rings. The first-order chi connectivity index (χ1) is 15.4. The molecule has 5 heteroatoms. The number of hydrogen-bond donors (Lipinski definition) is 2. The number of fused-ring (bicyclic) bond motifs is 1. The molecule has 1 aliphatic carbocycles. The lowest BCUT2D eigenvalue weighted by Crippen LogP contribution is -2.40. The van der Waals surface area contributed by atoms with Crippen LogP contribution < -0.4 is 10.1 Å². The minimum atomic E-state index is -0.893. The molecule has 1 fully saturated rings. The monoisotopic (exact) mass is 434 g/mol. The highest BCUT2D eigenvalue weighted by Gasteiger charge is 2.28. The third kappa shape index (κ3) is 4.26. The van der Waals surface area contributed by atoms with Crippen molar-refractivity contribution in [2.45, 2.75) is 59.2 Å². The minimum Gasteiger partial charge on any atom is -0.497 e. The first-order valence-electron chi connectivity index (χ1n) is 11.6. The van der Waals surface area contributed by atoms with Crippen molar-refractivity contribution in [3.63, 3.8) is 0 Å². The van der Waals surface area contributed by atoms with Crippen LogP contribution in [0.15, 0.2) is 42.5 Å². The second-order valence-corrected chi connectivity index (χ2v) is 9.28. The fourth-order valence-electron chi connectivity index (χ4n) is 5.18. The van der Waals surface area contributed by atoms with Gasteiger partial charge < -0.3 is 19.7 Å². The Morgan fingerprint density at radius 2 is 1.97 bits per heavy atom. The highest BCUT2D eigenvalue weighted by atomic mass is 16.5. The molecule has 32 heavy (non-hydrogen) atoms. The van der Waals surface area contributed by atoms with E-state index in [-0.39, 0.29) is 0 Å². The summed E-state index contributed by atoms with van der Waals surface area (Å²) in [4.78, 5) is 12.5. The Hall–Kier alpha value is -2.79. The van der Waals surface area contributed by atoms with E-state index in [0.29, 0.717) is 36.7 Å². The number of carboxylic acids is 1. The zero-order valence-electron chi connectivity index (χ0n) is 19.5. The van der Waals surface area contributed by atoms with Crippen molar-refractivity contribution in [2.75, 3.05) is 7.11 Å². The van der Waals surface area contributed by atoms with Crippen molar-refractivity contribution in [3.8, 4) is 5.75 Å². The Kier molecular flexibility index (Phi) is 6.56. The lowest BCUT2D eigenvalue weighted by Gasteiger charge is -2.34. The third-order valence-electron chi connectivity index (χ3n) is 7.42. The molecule has 3 atom stereocenters. The molecule has 1 aromatic heterocycles.